The minimum Gasteiger partial charge on any atom is -0.258 e. The van der Waals surface area contributed by atoms with Crippen molar-refractivity contribution in [2.45, 2.75) is 13.8 Å². The number of nitrogens with zero attached hydrogens (tertiary/aromatic N) is 6. The first-order valence-corrected chi connectivity index (χ1v) is 11.6. The smallest absolute Gasteiger partial charge is 0.258 e. The predicted octanol–water partition coefficient (Wildman–Crippen LogP) is 9.21. The molecule has 0 amide bonds. The first kappa shape index (κ1) is 23.6. The number of hydrogen-bond donors (Lipinski definition) is 0. The van der Waals surface area contributed by atoms with E-state index in [1.165, 1.54) is 12.1 Å². The second-order valence-corrected chi connectivity index (χ2v) is 8.51. The lowest BCUT2D eigenvalue weighted by molar-refractivity contribution is -0.384. The van der Waals surface area contributed by atoms with E-state index in [9.17, 15) is 10.1 Å². The summed E-state index contributed by atoms with van der Waals surface area (Å²) < 4.78 is 0. The average Bonchev–Trinajstić information content (AvgIpc) is 3.05. The Morgan fingerprint density at radius 2 is 1.14 bits per heavy atom. The first-order valence-electron chi connectivity index (χ1n) is 11.6. The fourth-order valence-corrected chi connectivity index (χ4v) is 4.06. The molecule has 2 aliphatic carbocycles. The minimum atomic E-state index is -0.450. The van der Waals surface area contributed by atoms with E-state index in [0.717, 1.165) is 39.3 Å². The van der Waals surface area contributed by atoms with Gasteiger partial charge in [-0.05, 0) is 85.1 Å². The van der Waals surface area contributed by atoms with Gasteiger partial charge in [0.1, 0.15) is 0 Å². The maximum Gasteiger partial charge on any atom is 0.269 e. The number of azo groups is 2. The Morgan fingerprint density at radius 3 is 1.70 bits per heavy atom. The lowest BCUT2D eigenvalue weighted by Crippen LogP contribution is -1.87. The zero-order chi connectivity index (χ0) is 25.8. The van der Waals surface area contributed by atoms with Crippen LogP contribution in [0.15, 0.2) is 118 Å². The number of rotatable bonds is 6. The molecule has 5 rings (SSSR count). The van der Waals surface area contributed by atoms with E-state index in [0.29, 0.717) is 17.1 Å². The van der Waals surface area contributed by atoms with Gasteiger partial charge in [0, 0.05) is 29.1 Å². The summed E-state index contributed by atoms with van der Waals surface area (Å²) in [6, 6.07) is 29.5. The summed E-state index contributed by atoms with van der Waals surface area (Å²) in [5.41, 5.74) is 8.90. The monoisotopic (exact) mass is 486 g/mol. The fourth-order valence-electron chi connectivity index (χ4n) is 4.06. The van der Waals surface area contributed by atoms with Crippen LogP contribution < -0.4 is 0 Å². The lowest BCUT2D eigenvalue weighted by atomic mass is 10.0. The topological polar surface area (TPSA) is 105 Å². The molecule has 0 bridgehead atoms. The normalized spacial score (nSPS) is 11.5. The van der Waals surface area contributed by atoms with Crippen molar-refractivity contribution in [2.24, 2.45) is 20.5 Å². The van der Waals surface area contributed by atoms with Crippen LogP contribution in [0, 0.1) is 24.0 Å². The third-order valence-electron chi connectivity index (χ3n) is 5.74. The third kappa shape index (κ3) is 5.43. The van der Waals surface area contributed by atoms with Gasteiger partial charge in [0.15, 0.2) is 0 Å². The molecule has 8 heteroatoms. The van der Waals surface area contributed by atoms with Crippen molar-refractivity contribution in [2.75, 3.05) is 0 Å². The number of non-ortho nitro benzene ring substituents is 1. The number of benzene rings is 2. The predicted molar refractivity (Wildman–Crippen MR) is 144 cm³/mol. The molecule has 0 saturated heterocycles. The van der Waals surface area contributed by atoms with Crippen molar-refractivity contribution < 1.29 is 4.92 Å². The van der Waals surface area contributed by atoms with Gasteiger partial charge in [-0.2, -0.15) is 15.3 Å². The molecule has 37 heavy (non-hydrogen) atoms. The first-order chi connectivity index (χ1) is 18.0. The van der Waals surface area contributed by atoms with Crippen molar-refractivity contribution in [3.8, 4) is 22.3 Å². The Bertz CT molecular complexity index is 1590. The molecule has 0 fully saturated rings. The van der Waals surface area contributed by atoms with Gasteiger partial charge in [-0.1, -0.05) is 30.3 Å². The van der Waals surface area contributed by atoms with Crippen LogP contribution in [-0.4, -0.2) is 9.91 Å². The Morgan fingerprint density at radius 1 is 0.622 bits per heavy atom. The standard InChI is InChI=1S/C29H22N6O2/c1-19-16-21(17-20(2)30-19)28-18-29(27-7-5-3-4-6-26(27)28)34-33-23-10-8-22(9-11-23)31-32-24-12-14-25(15-13-24)35(36)37/h3-18H,1-2H3. The molecular formula is C29H22N6O2. The summed E-state index contributed by atoms with van der Waals surface area (Å²) in [7, 11) is 0. The summed E-state index contributed by atoms with van der Waals surface area (Å²) in [6.07, 6.45) is 0. The molecular weight excluding hydrogens is 464 g/mol. The molecule has 1 heterocycles. The highest BCUT2D eigenvalue weighted by atomic mass is 16.6. The van der Waals surface area contributed by atoms with Gasteiger partial charge >= 0.3 is 0 Å². The molecule has 8 nitrogen and oxygen atoms in total. The number of fused-ring (bicyclic) bond motifs is 1. The average molecular weight is 487 g/mol. The number of aryl methyl sites for hydroxylation is 2. The van der Waals surface area contributed by atoms with Crippen molar-refractivity contribution >= 4 is 28.4 Å². The molecule has 2 aliphatic rings. The lowest BCUT2D eigenvalue weighted by Gasteiger charge is -2.05. The van der Waals surface area contributed by atoms with Crippen molar-refractivity contribution in [3.63, 3.8) is 0 Å². The van der Waals surface area contributed by atoms with E-state index >= 15 is 0 Å². The number of nitro benzene ring substituents is 1. The maximum absolute atomic E-state index is 10.8. The van der Waals surface area contributed by atoms with Gasteiger partial charge in [0.25, 0.3) is 5.69 Å². The Hall–Kier alpha value is -5.11. The van der Waals surface area contributed by atoms with Crippen LogP contribution in [-0.2, 0) is 0 Å². The molecule has 0 saturated carbocycles. The van der Waals surface area contributed by atoms with Crippen LogP contribution in [0.25, 0.3) is 22.3 Å². The number of pyridine rings is 1. The molecule has 0 atom stereocenters. The van der Waals surface area contributed by atoms with Gasteiger partial charge < -0.3 is 0 Å². The number of nitro groups is 1. The highest BCUT2D eigenvalue weighted by molar-refractivity contribution is 5.94. The summed E-state index contributed by atoms with van der Waals surface area (Å²) in [5.74, 6) is 0. The van der Waals surface area contributed by atoms with E-state index in [1.54, 1.807) is 24.3 Å². The number of aromatic nitrogens is 1. The van der Waals surface area contributed by atoms with E-state index < -0.39 is 4.92 Å². The largest absolute Gasteiger partial charge is 0.269 e. The summed E-state index contributed by atoms with van der Waals surface area (Å²) in [5, 5.41) is 28.1. The molecule has 0 radical (unpaired) electrons. The van der Waals surface area contributed by atoms with Gasteiger partial charge in [-0.3, -0.25) is 15.1 Å². The van der Waals surface area contributed by atoms with Gasteiger partial charge in [0.2, 0.25) is 0 Å². The molecule has 0 N–H and O–H groups in total. The second kappa shape index (κ2) is 10.2. The third-order valence-corrected chi connectivity index (χ3v) is 5.74. The van der Waals surface area contributed by atoms with E-state index in [4.69, 9.17) is 0 Å². The van der Waals surface area contributed by atoms with Gasteiger partial charge in [0.05, 0.1) is 27.7 Å². The van der Waals surface area contributed by atoms with E-state index in [-0.39, 0.29) is 5.69 Å². The van der Waals surface area contributed by atoms with Crippen molar-refractivity contribution in [1.29, 1.82) is 0 Å². The zero-order valence-corrected chi connectivity index (χ0v) is 20.2. The van der Waals surface area contributed by atoms with Crippen LogP contribution in [0.3, 0.4) is 0 Å². The highest BCUT2D eigenvalue weighted by Gasteiger charge is 2.16. The quantitative estimate of drug-likeness (QED) is 0.136. The zero-order valence-electron chi connectivity index (χ0n) is 20.2. The molecule has 3 aromatic rings. The molecule has 0 aliphatic heterocycles. The Balaban J connectivity index is 1.38. The molecule has 1 aromatic heterocycles. The Labute approximate surface area is 213 Å². The summed E-state index contributed by atoms with van der Waals surface area (Å²) >= 11 is 0. The minimum absolute atomic E-state index is 0.0122. The maximum atomic E-state index is 10.8. The second-order valence-electron chi connectivity index (χ2n) is 8.51. The molecule has 0 spiro atoms. The molecule has 2 aromatic carbocycles. The van der Waals surface area contributed by atoms with E-state index in [1.807, 2.05) is 44.2 Å². The summed E-state index contributed by atoms with van der Waals surface area (Å²) in [6.45, 7) is 3.99. The summed E-state index contributed by atoms with van der Waals surface area (Å²) in [4.78, 5) is 14.8. The van der Waals surface area contributed by atoms with E-state index in [2.05, 4.69) is 55.8 Å². The number of hydrogen-bond acceptors (Lipinski definition) is 7. The van der Waals surface area contributed by atoms with Crippen LogP contribution >= 0.6 is 0 Å². The fraction of sp³-hybridized carbons (Fsp3) is 0.0690. The van der Waals surface area contributed by atoms with Crippen LogP contribution in [0.5, 0.6) is 0 Å². The van der Waals surface area contributed by atoms with Gasteiger partial charge in [-0.15, -0.1) is 5.11 Å². The highest BCUT2D eigenvalue weighted by Crippen LogP contribution is 2.43. The van der Waals surface area contributed by atoms with Crippen LogP contribution in [0.2, 0.25) is 0 Å². The Kier molecular flexibility index (Phi) is 6.54. The SMILES string of the molecule is Cc1cc(-c2cc(N=Nc3ccc(N=Nc4ccc([N+](=O)[O-])cc4)cc3)c3cccccc2-3)cc(C)n1. The van der Waals surface area contributed by atoms with Crippen molar-refractivity contribution in [3.05, 3.63) is 119 Å². The molecule has 0 unspecified atom stereocenters. The van der Waals surface area contributed by atoms with Crippen LogP contribution in [0.1, 0.15) is 11.4 Å². The van der Waals surface area contributed by atoms with Crippen LogP contribution in [0.4, 0.5) is 28.4 Å². The van der Waals surface area contributed by atoms with Crippen molar-refractivity contribution in [1.82, 2.24) is 4.98 Å². The van der Waals surface area contributed by atoms with Gasteiger partial charge in [-0.25, -0.2) is 0 Å². The molecule has 180 valence electrons.